The van der Waals surface area contributed by atoms with Gasteiger partial charge in [-0.2, -0.15) is 5.10 Å². The van der Waals surface area contributed by atoms with E-state index in [2.05, 4.69) is 5.10 Å². The summed E-state index contributed by atoms with van der Waals surface area (Å²) in [5.74, 6) is -0.500. The van der Waals surface area contributed by atoms with Gasteiger partial charge in [0.05, 0.1) is 19.4 Å². The molecule has 0 atom stereocenters. The highest BCUT2D eigenvalue weighted by molar-refractivity contribution is 6.02. The third kappa shape index (κ3) is 5.19. The van der Waals surface area contributed by atoms with Crippen LogP contribution in [-0.4, -0.2) is 55.8 Å². The van der Waals surface area contributed by atoms with Crippen LogP contribution in [-0.2, 0) is 14.3 Å². The molecular weight excluding hydrogens is 376 g/mol. The van der Waals surface area contributed by atoms with Crippen LogP contribution in [0.25, 0.3) is 0 Å². The monoisotopic (exact) mass is 396 g/mol. The van der Waals surface area contributed by atoms with Crippen molar-refractivity contribution < 1.29 is 28.6 Å². The Bertz CT molecular complexity index is 926. The lowest BCUT2D eigenvalue weighted by atomic mass is 10.1. The summed E-state index contributed by atoms with van der Waals surface area (Å²) in [5.41, 5.74) is 2.20. The number of carbonyl (C=O) groups excluding carboxylic acids is 3. The highest BCUT2D eigenvalue weighted by Crippen LogP contribution is 2.27. The van der Waals surface area contributed by atoms with E-state index in [4.69, 9.17) is 14.2 Å². The second-order valence-corrected chi connectivity index (χ2v) is 6.16. The van der Waals surface area contributed by atoms with E-state index in [1.807, 2.05) is 30.3 Å². The first-order valence-corrected chi connectivity index (χ1v) is 8.95. The molecule has 29 heavy (non-hydrogen) atoms. The minimum atomic E-state index is -0.702. The number of hydrogen-bond acceptors (Lipinski definition) is 7. The van der Waals surface area contributed by atoms with E-state index in [-0.39, 0.29) is 5.75 Å². The molecule has 1 heterocycles. The van der Waals surface area contributed by atoms with Crippen LogP contribution in [0.15, 0.2) is 53.6 Å². The summed E-state index contributed by atoms with van der Waals surface area (Å²) in [4.78, 5) is 34.9. The molecule has 0 unspecified atom stereocenters. The summed E-state index contributed by atoms with van der Waals surface area (Å²) in [6.45, 7) is -0.380. The molecule has 8 nitrogen and oxygen atoms in total. The summed E-state index contributed by atoms with van der Waals surface area (Å²) in [5, 5.41) is 5.60. The Hall–Kier alpha value is -3.68. The van der Waals surface area contributed by atoms with Crippen molar-refractivity contribution in [1.82, 2.24) is 5.01 Å². The molecule has 0 bridgehead atoms. The maximum atomic E-state index is 12.2. The first kappa shape index (κ1) is 20.1. The van der Waals surface area contributed by atoms with Gasteiger partial charge in [-0.25, -0.2) is 9.80 Å². The molecule has 0 spiro atoms. The number of hydrogen-bond donors (Lipinski definition) is 0. The van der Waals surface area contributed by atoms with Crippen LogP contribution in [0.3, 0.4) is 0 Å². The quantitative estimate of drug-likeness (QED) is 0.501. The Labute approximate surface area is 167 Å². The Morgan fingerprint density at radius 2 is 1.90 bits per heavy atom. The van der Waals surface area contributed by atoms with E-state index in [0.717, 1.165) is 11.3 Å². The predicted molar refractivity (Wildman–Crippen MR) is 104 cm³/mol. The maximum Gasteiger partial charge on any atom is 0.344 e. The fourth-order valence-corrected chi connectivity index (χ4v) is 2.74. The fraction of sp³-hybridized carbons (Fsp3) is 0.238. The first-order valence-electron chi connectivity index (χ1n) is 8.95. The molecule has 1 amide bonds. The summed E-state index contributed by atoms with van der Waals surface area (Å²) in [6.07, 6.45) is 1.32. The Kier molecular flexibility index (Phi) is 6.57. The number of amides is 1. The lowest BCUT2D eigenvalue weighted by Gasteiger charge is -2.13. The smallest absolute Gasteiger partial charge is 0.344 e. The van der Waals surface area contributed by atoms with Crippen LogP contribution in [0.2, 0.25) is 0 Å². The normalized spacial score (nSPS) is 12.9. The molecule has 0 saturated carbocycles. The first-order chi connectivity index (χ1) is 14.1. The van der Waals surface area contributed by atoms with Gasteiger partial charge in [-0.3, -0.25) is 9.59 Å². The van der Waals surface area contributed by atoms with Gasteiger partial charge < -0.3 is 14.2 Å². The molecule has 8 heteroatoms. The Morgan fingerprint density at radius 1 is 1.10 bits per heavy atom. The van der Waals surface area contributed by atoms with Crippen molar-refractivity contribution in [3.8, 4) is 11.5 Å². The van der Waals surface area contributed by atoms with Gasteiger partial charge >= 0.3 is 5.97 Å². The van der Waals surface area contributed by atoms with Gasteiger partial charge in [0.2, 0.25) is 0 Å². The molecule has 150 valence electrons. The van der Waals surface area contributed by atoms with Crippen molar-refractivity contribution in [3.05, 3.63) is 59.7 Å². The number of ether oxygens (including phenoxy) is 3. The number of esters is 1. The number of benzene rings is 2. The van der Waals surface area contributed by atoms with E-state index in [0.29, 0.717) is 30.6 Å². The lowest BCUT2D eigenvalue weighted by Crippen LogP contribution is -2.29. The highest BCUT2D eigenvalue weighted by Gasteiger charge is 2.22. The zero-order valence-corrected chi connectivity index (χ0v) is 15.9. The predicted octanol–water partition coefficient (Wildman–Crippen LogP) is 2.07. The van der Waals surface area contributed by atoms with Crippen LogP contribution >= 0.6 is 0 Å². The number of aldehydes is 1. The minimum absolute atomic E-state index is 0.290. The third-order valence-corrected chi connectivity index (χ3v) is 4.22. The number of rotatable bonds is 8. The van der Waals surface area contributed by atoms with Crippen molar-refractivity contribution in [3.63, 3.8) is 0 Å². The number of methoxy groups -OCH3 is 1. The van der Waals surface area contributed by atoms with Gasteiger partial charge in [0.25, 0.3) is 5.91 Å². The van der Waals surface area contributed by atoms with Gasteiger partial charge in [-0.1, -0.05) is 30.3 Å². The summed E-state index contributed by atoms with van der Waals surface area (Å²) >= 11 is 0. The molecule has 0 aliphatic carbocycles. The van der Waals surface area contributed by atoms with Crippen molar-refractivity contribution >= 4 is 23.9 Å². The van der Waals surface area contributed by atoms with E-state index < -0.39 is 25.1 Å². The fourth-order valence-electron chi connectivity index (χ4n) is 2.74. The van der Waals surface area contributed by atoms with E-state index >= 15 is 0 Å². The summed E-state index contributed by atoms with van der Waals surface area (Å²) < 4.78 is 15.5. The van der Waals surface area contributed by atoms with Crippen molar-refractivity contribution in [2.45, 2.75) is 6.42 Å². The molecule has 2 aromatic rings. The van der Waals surface area contributed by atoms with Crippen molar-refractivity contribution in [2.24, 2.45) is 5.10 Å². The van der Waals surface area contributed by atoms with Crippen LogP contribution in [0.1, 0.15) is 22.3 Å². The molecule has 3 rings (SSSR count). The van der Waals surface area contributed by atoms with Gasteiger partial charge in [0, 0.05) is 12.0 Å². The molecule has 1 aliphatic heterocycles. The summed E-state index contributed by atoms with van der Waals surface area (Å²) in [7, 11) is 1.42. The van der Waals surface area contributed by atoms with E-state index in [1.165, 1.54) is 30.3 Å². The molecule has 2 aromatic carbocycles. The van der Waals surface area contributed by atoms with Crippen LogP contribution in [0.5, 0.6) is 11.5 Å². The topological polar surface area (TPSA) is 94.5 Å². The molecule has 0 fully saturated rings. The third-order valence-electron chi connectivity index (χ3n) is 4.22. The van der Waals surface area contributed by atoms with Crippen LogP contribution in [0.4, 0.5) is 0 Å². The number of carbonyl (C=O) groups is 3. The van der Waals surface area contributed by atoms with E-state index in [9.17, 15) is 14.4 Å². The van der Waals surface area contributed by atoms with Crippen molar-refractivity contribution in [2.75, 3.05) is 26.9 Å². The lowest BCUT2D eigenvalue weighted by molar-refractivity contribution is -0.153. The van der Waals surface area contributed by atoms with E-state index in [1.54, 1.807) is 0 Å². The van der Waals surface area contributed by atoms with Crippen LogP contribution < -0.4 is 9.47 Å². The second kappa shape index (κ2) is 9.50. The molecule has 0 saturated heterocycles. The van der Waals surface area contributed by atoms with Gasteiger partial charge in [0.15, 0.2) is 24.7 Å². The average molecular weight is 396 g/mol. The summed E-state index contributed by atoms with van der Waals surface area (Å²) in [6, 6.07) is 14.1. The molecule has 0 aromatic heterocycles. The molecule has 1 aliphatic rings. The van der Waals surface area contributed by atoms with Gasteiger partial charge in [-0.05, 0) is 23.8 Å². The molecule has 0 radical (unpaired) electrons. The van der Waals surface area contributed by atoms with Crippen molar-refractivity contribution in [1.29, 1.82) is 0 Å². The zero-order valence-electron chi connectivity index (χ0n) is 15.9. The molecular formula is C21H20N2O6. The van der Waals surface area contributed by atoms with Crippen LogP contribution in [0, 0.1) is 0 Å². The SMILES string of the molecule is COc1cc(C=O)ccc1OCC(=O)OCC(=O)N1CCC(c2ccccc2)=N1. The number of nitrogens with zero attached hydrogens (tertiary/aromatic N) is 2. The standard InChI is InChI=1S/C21H20N2O6/c1-27-19-11-15(12-24)7-8-18(19)28-14-21(26)29-13-20(25)23-10-9-17(22-23)16-5-3-2-4-6-16/h2-8,11-12H,9-10,13-14H2,1H3. The van der Waals surface area contributed by atoms with Gasteiger partial charge in [0.1, 0.15) is 6.29 Å². The Morgan fingerprint density at radius 3 is 2.62 bits per heavy atom. The van der Waals surface area contributed by atoms with Gasteiger partial charge in [-0.15, -0.1) is 0 Å². The number of hydrazone groups is 1. The average Bonchev–Trinajstić information content (AvgIpc) is 3.27. The largest absolute Gasteiger partial charge is 0.493 e. The highest BCUT2D eigenvalue weighted by atomic mass is 16.6. The minimum Gasteiger partial charge on any atom is -0.493 e. The second-order valence-electron chi connectivity index (χ2n) is 6.16. The zero-order chi connectivity index (χ0) is 20.6. The molecule has 0 N–H and O–H groups in total. The Balaban J connectivity index is 1.48. The maximum absolute atomic E-state index is 12.2.